The summed E-state index contributed by atoms with van der Waals surface area (Å²) in [5.74, 6) is 0.691. The molecule has 4 nitrogen and oxygen atoms in total. The summed E-state index contributed by atoms with van der Waals surface area (Å²) in [5, 5.41) is 0.541. The van der Waals surface area contributed by atoms with Crippen LogP contribution in [-0.2, 0) is 0 Å². The number of aromatic nitrogens is 1. The van der Waals surface area contributed by atoms with Crippen LogP contribution in [0, 0.1) is 0 Å². The van der Waals surface area contributed by atoms with Crippen LogP contribution in [0.3, 0.4) is 0 Å². The van der Waals surface area contributed by atoms with Crippen molar-refractivity contribution in [2.45, 2.75) is 18.9 Å². The van der Waals surface area contributed by atoms with E-state index in [2.05, 4.69) is 0 Å². The first kappa shape index (κ1) is 13.0. The number of carbonyl (C=O) groups excluding carboxylic acids is 1. The van der Waals surface area contributed by atoms with Crippen LogP contribution in [0.15, 0.2) is 44.8 Å². The van der Waals surface area contributed by atoms with Crippen molar-refractivity contribution >= 4 is 34.2 Å². The summed E-state index contributed by atoms with van der Waals surface area (Å²) in [5.41, 5.74) is 1.90. The molecule has 0 spiro atoms. The van der Waals surface area contributed by atoms with Gasteiger partial charge in [-0.1, -0.05) is 18.7 Å². The lowest BCUT2D eigenvalue weighted by molar-refractivity contribution is 0.101. The van der Waals surface area contributed by atoms with E-state index in [0.717, 1.165) is 11.3 Å². The van der Waals surface area contributed by atoms with Gasteiger partial charge in [0.05, 0.1) is 5.56 Å². The van der Waals surface area contributed by atoms with Crippen LogP contribution in [0.5, 0.6) is 0 Å². The van der Waals surface area contributed by atoms with E-state index in [4.69, 9.17) is 4.42 Å². The zero-order chi connectivity index (χ0) is 14.3. The average Bonchev–Trinajstić information content (AvgIpc) is 2.85. The first-order valence-electron chi connectivity index (χ1n) is 6.33. The highest BCUT2D eigenvalue weighted by molar-refractivity contribution is 7.99. The third-order valence-corrected chi connectivity index (χ3v) is 3.90. The van der Waals surface area contributed by atoms with Crippen molar-refractivity contribution in [2.24, 2.45) is 0 Å². The molecule has 0 saturated carbocycles. The Hall–Kier alpha value is -2.01. The van der Waals surface area contributed by atoms with Crippen LogP contribution in [0.25, 0.3) is 16.6 Å². The molecule has 0 aliphatic rings. The van der Waals surface area contributed by atoms with E-state index >= 15 is 0 Å². The Bertz CT molecular complexity index is 876. The second kappa shape index (κ2) is 4.83. The number of Topliss-reactive ketones (excluding diaryl/α,β-unsaturated/α-hetero) is 1. The van der Waals surface area contributed by atoms with Crippen molar-refractivity contribution in [3.63, 3.8) is 0 Å². The molecule has 3 aromatic heterocycles. The summed E-state index contributed by atoms with van der Waals surface area (Å²) >= 11 is 1.44. The molecule has 0 atom stereocenters. The average molecular weight is 287 g/mol. The van der Waals surface area contributed by atoms with Crippen LogP contribution in [0.4, 0.5) is 0 Å². The van der Waals surface area contributed by atoms with Gasteiger partial charge in [0.15, 0.2) is 16.5 Å². The molecule has 3 aromatic rings. The molecule has 20 heavy (non-hydrogen) atoms. The Balaban J connectivity index is 2.51. The highest BCUT2D eigenvalue weighted by Crippen LogP contribution is 2.25. The summed E-state index contributed by atoms with van der Waals surface area (Å²) in [6.45, 7) is 3.46. The minimum Gasteiger partial charge on any atom is -0.447 e. The number of hydrogen-bond acceptors (Lipinski definition) is 4. The molecule has 0 saturated heterocycles. The maximum absolute atomic E-state index is 12.4. The summed E-state index contributed by atoms with van der Waals surface area (Å²) < 4.78 is 7.53. The van der Waals surface area contributed by atoms with E-state index in [1.807, 2.05) is 19.1 Å². The molecule has 0 N–H and O–H groups in total. The normalized spacial score (nSPS) is 11.3. The van der Waals surface area contributed by atoms with Crippen molar-refractivity contribution in [2.75, 3.05) is 5.75 Å². The summed E-state index contributed by atoms with van der Waals surface area (Å²) in [4.78, 5) is 24.2. The topological polar surface area (TPSA) is 51.7 Å². The van der Waals surface area contributed by atoms with Gasteiger partial charge in [0.25, 0.3) is 0 Å². The van der Waals surface area contributed by atoms with E-state index < -0.39 is 0 Å². The summed E-state index contributed by atoms with van der Waals surface area (Å²) in [7, 11) is 0. The highest BCUT2D eigenvalue weighted by Gasteiger charge is 2.16. The van der Waals surface area contributed by atoms with Gasteiger partial charge in [-0.15, -0.1) is 0 Å². The molecule has 3 rings (SSSR count). The minimum atomic E-state index is -0.133. The zero-order valence-electron chi connectivity index (χ0n) is 11.2. The smallest absolute Gasteiger partial charge is 0.210 e. The van der Waals surface area contributed by atoms with Crippen molar-refractivity contribution in [1.82, 2.24) is 4.40 Å². The number of carbonyl (C=O) groups is 1. The highest BCUT2D eigenvalue weighted by atomic mass is 32.2. The van der Waals surface area contributed by atoms with Gasteiger partial charge in [0, 0.05) is 17.8 Å². The second-order valence-corrected chi connectivity index (χ2v) is 5.73. The van der Waals surface area contributed by atoms with E-state index in [1.54, 1.807) is 16.7 Å². The third-order valence-electron chi connectivity index (χ3n) is 3.12. The predicted molar refractivity (Wildman–Crippen MR) is 79.8 cm³/mol. The lowest BCUT2D eigenvalue weighted by atomic mass is 10.1. The number of nitrogens with zero attached hydrogens (tertiary/aromatic N) is 1. The minimum absolute atomic E-state index is 0.111. The lowest BCUT2D eigenvalue weighted by Gasteiger charge is -2.07. The van der Waals surface area contributed by atoms with Crippen LogP contribution in [-0.4, -0.2) is 15.9 Å². The number of rotatable bonds is 3. The van der Waals surface area contributed by atoms with Gasteiger partial charge in [-0.3, -0.25) is 9.59 Å². The van der Waals surface area contributed by atoms with Crippen LogP contribution in [0.2, 0.25) is 0 Å². The molecule has 0 aliphatic carbocycles. The van der Waals surface area contributed by atoms with Crippen LogP contribution >= 0.6 is 11.8 Å². The van der Waals surface area contributed by atoms with Crippen LogP contribution < -0.4 is 5.43 Å². The number of pyridine rings is 1. The summed E-state index contributed by atoms with van der Waals surface area (Å²) in [6.07, 6.45) is 1.80. The maximum Gasteiger partial charge on any atom is 0.210 e. The van der Waals surface area contributed by atoms with E-state index in [9.17, 15) is 9.59 Å². The Labute approximate surface area is 119 Å². The predicted octanol–water partition coefficient (Wildman–Crippen LogP) is 3.36. The van der Waals surface area contributed by atoms with Crippen LogP contribution in [0.1, 0.15) is 24.2 Å². The fourth-order valence-electron chi connectivity index (χ4n) is 2.28. The van der Waals surface area contributed by atoms with Gasteiger partial charge in [0.1, 0.15) is 5.52 Å². The van der Waals surface area contributed by atoms with Gasteiger partial charge in [-0.2, -0.15) is 0 Å². The Kier molecular flexibility index (Phi) is 3.14. The maximum atomic E-state index is 12.4. The number of ketones is 1. The monoisotopic (exact) mass is 287 g/mol. The van der Waals surface area contributed by atoms with E-state index in [1.165, 1.54) is 24.8 Å². The summed E-state index contributed by atoms with van der Waals surface area (Å²) in [6, 6.07) is 6.95. The zero-order valence-corrected chi connectivity index (χ0v) is 12.0. The number of hydrogen-bond donors (Lipinski definition) is 0. The molecular weight excluding hydrogens is 274 g/mol. The molecule has 0 bridgehead atoms. The van der Waals surface area contributed by atoms with Crippen molar-refractivity contribution < 1.29 is 9.21 Å². The lowest BCUT2D eigenvalue weighted by Crippen LogP contribution is -2.08. The Morgan fingerprint density at radius 3 is 2.90 bits per heavy atom. The standard InChI is InChI=1S/C15H13NO3S/c1-3-20-13-8-12(18)14-15(19-13)11(9(2)17)7-10-5-4-6-16(10)14/h4-8H,3H2,1-2H3. The number of fused-ring (bicyclic) bond motifs is 3. The van der Waals surface area contributed by atoms with Gasteiger partial charge in [0.2, 0.25) is 5.43 Å². The fraction of sp³-hybridized carbons (Fsp3) is 0.200. The van der Waals surface area contributed by atoms with Crippen molar-refractivity contribution in [3.05, 3.63) is 46.2 Å². The molecule has 0 fully saturated rings. The first-order chi connectivity index (χ1) is 9.61. The molecule has 0 aromatic carbocycles. The van der Waals surface area contributed by atoms with E-state index in [0.29, 0.717) is 21.8 Å². The molecule has 0 unspecified atom stereocenters. The molecule has 5 heteroatoms. The third kappa shape index (κ3) is 1.94. The van der Waals surface area contributed by atoms with Gasteiger partial charge < -0.3 is 8.82 Å². The number of thioether (sulfide) groups is 1. The first-order valence-corrected chi connectivity index (χ1v) is 7.32. The largest absolute Gasteiger partial charge is 0.447 e. The Morgan fingerprint density at radius 2 is 2.20 bits per heavy atom. The Morgan fingerprint density at radius 1 is 1.40 bits per heavy atom. The fourth-order valence-corrected chi connectivity index (χ4v) is 2.90. The molecular formula is C15H13NO3S. The van der Waals surface area contributed by atoms with Gasteiger partial charge >= 0.3 is 0 Å². The van der Waals surface area contributed by atoms with E-state index in [-0.39, 0.29) is 11.2 Å². The quantitative estimate of drug-likeness (QED) is 0.547. The van der Waals surface area contributed by atoms with Crippen molar-refractivity contribution in [3.8, 4) is 0 Å². The second-order valence-electron chi connectivity index (χ2n) is 4.46. The molecule has 3 heterocycles. The molecule has 0 amide bonds. The molecule has 102 valence electrons. The van der Waals surface area contributed by atoms with Gasteiger partial charge in [-0.05, 0) is 30.9 Å². The van der Waals surface area contributed by atoms with Crippen molar-refractivity contribution in [1.29, 1.82) is 0 Å². The molecule has 0 aliphatic heterocycles. The SMILES string of the molecule is CCSc1cc(=O)c2c(o1)c(C(C)=O)cc1cccn12. The van der Waals surface area contributed by atoms with Gasteiger partial charge in [-0.25, -0.2) is 0 Å². The molecule has 0 radical (unpaired) electrons.